The molecule has 3 nitrogen and oxygen atoms in total. The van der Waals surface area contributed by atoms with Gasteiger partial charge in [-0.15, -0.1) is 11.3 Å². The lowest BCUT2D eigenvalue weighted by Crippen LogP contribution is -2.10. The van der Waals surface area contributed by atoms with Gasteiger partial charge in [-0.2, -0.15) is 13.2 Å². The highest BCUT2D eigenvalue weighted by molar-refractivity contribution is 7.14. The van der Waals surface area contributed by atoms with Crippen molar-refractivity contribution in [1.29, 1.82) is 0 Å². The Balaban J connectivity index is 2.44. The fourth-order valence-corrected chi connectivity index (χ4v) is 2.74. The normalized spacial score (nSPS) is 11.7. The number of hydrogen-bond donors (Lipinski definition) is 0. The van der Waals surface area contributed by atoms with Gasteiger partial charge in [0.05, 0.1) is 21.1 Å². The maximum Gasteiger partial charge on any atom is 0.433 e. The molecule has 0 aliphatic rings. The number of nitrogens with zero attached hydrogens (tertiary/aromatic N) is 2. The van der Waals surface area contributed by atoms with Gasteiger partial charge in [0.2, 0.25) is 5.78 Å². The van der Waals surface area contributed by atoms with E-state index in [-0.39, 0.29) is 5.56 Å². The maximum atomic E-state index is 12.5. The number of carbonyl (C=O) groups is 1. The number of alkyl halides is 3. The summed E-state index contributed by atoms with van der Waals surface area (Å²) in [6, 6.07) is 1.78. The van der Waals surface area contributed by atoms with Gasteiger partial charge in [-0.3, -0.25) is 4.79 Å². The van der Waals surface area contributed by atoms with Crippen LogP contribution in [0.15, 0.2) is 12.1 Å². The Morgan fingerprint density at radius 1 is 1.25 bits per heavy atom. The van der Waals surface area contributed by atoms with Gasteiger partial charge in [0.15, 0.2) is 0 Å². The minimum atomic E-state index is -4.60. The highest BCUT2D eigenvalue weighted by atomic mass is 35.5. The number of pyridine rings is 1. The van der Waals surface area contributed by atoms with E-state index in [4.69, 9.17) is 11.6 Å². The van der Waals surface area contributed by atoms with E-state index in [1.165, 1.54) is 11.3 Å². The molecule has 0 N–H and O–H groups in total. The molecule has 20 heavy (non-hydrogen) atoms. The first-order chi connectivity index (χ1) is 9.20. The monoisotopic (exact) mass is 320 g/mol. The fraction of sp³-hybridized carbons (Fsp3) is 0.250. The third kappa shape index (κ3) is 2.83. The van der Waals surface area contributed by atoms with Gasteiger partial charge in [-0.1, -0.05) is 11.6 Å². The Morgan fingerprint density at radius 2 is 1.90 bits per heavy atom. The largest absolute Gasteiger partial charge is 0.433 e. The van der Waals surface area contributed by atoms with Crippen molar-refractivity contribution in [3.05, 3.63) is 44.1 Å². The molecule has 0 saturated heterocycles. The highest BCUT2D eigenvalue weighted by Crippen LogP contribution is 2.31. The number of ketones is 1. The SMILES string of the molecule is Cc1nc(C)c(C(=O)c2ccc(C(F)(F)F)nc2Cl)s1. The van der Waals surface area contributed by atoms with E-state index in [2.05, 4.69) is 9.97 Å². The zero-order chi connectivity index (χ0) is 15.1. The molecule has 2 heterocycles. The van der Waals surface area contributed by atoms with Crippen LogP contribution in [0.4, 0.5) is 13.2 Å². The van der Waals surface area contributed by atoms with Crippen molar-refractivity contribution in [2.75, 3.05) is 0 Å². The third-order valence-corrected chi connectivity index (χ3v) is 3.85. The van der Waals surface area contributed by atoms with Gasteiger partial charge in [0.25, 0.3) is 0 Å². The molecule has 8 heteroatoms. The van der Waals surface area contributed by atoms with Crippen LogP contribution in [-0.2, 0) is 6.18 Å². The molecule has 2 aromatic rings. The first-order valence-corrected chi connectivity index (χ1v) is 6.62. The van der Waals surface area contributed by atoms with E-state index in [0.717, 1.165) is 12.1 Å². The van der Waals surface area contributed by atoms with Crippen LogP contribution in [0.3, 0.4) is 0 Å². The molecule has 0 bridgehead atoms. The van der Waals surface area contributed by atoms with E-state index in [1.807, 2.05) is 0 Å². The van der Waals surface area contributed by atoms with E-state index in [0.29, 0.717) is 15.6 Å². The Bertz CT molecular complexity index is 682. The van der Waals surface area contributed by atoms with Crippen LogP contribution in [0.1, 0.15) is 31.6 Å². The molecule has 0 aliphatic heterocycles. The minimum Gasteiger partial charge on any atom is -0.288 e. The first-order valence-electron chi connectivity index (χ1n) is 5.42. The topological polar surface area (TPSA) is 42.9 Å². The van der Waals surface area contributed by atoms with Crippen LogP contribution in [0.5, 0.6) is 0 Å². The maximum absolute atomic E-state index is 12.5. The number of aromatic nitrogens is 2. The second kappa shape index (κ2) is 5.14. The molecule has 0 spiro atoms. The summed E-state index contributed by atoms with van der Waals surface area (Å²) < 4.78 is 37.4. The quantitative estimate of drug-likeness (QED) is 0.619. The van der Waals surface area contributed by atoms with Gasteiger partial charge in [-0.25, -0.2) is 9.97 Å². The molecule has 0 aromatic carbocycles. The van der Waals surface area contributed by atoms with Crippen molar-refractivity contribution in [3.8, 4) is 0 Å². The highest BCUT2D eigenvalue weighted by Gasteiger charge is 2.33. The van der Waals surface area contributed by atoms with Crippen molar-refractivity contribution in [1.82, 2.24) is 9.97 Å². The number of thiazole rings is 1. The predicted molar refractivity (Wildman–Crippen MR) is 69.3 cm³/mol. The molecule has 0 aliphatic carbocycles. The lowest BCUT2D eigenvalue weighted by Gasteiger charge is -2.07. The standard InChI is InChI=1S/C12H8ClF3N2OS/c1-5-10(20-6(2)17-5)9(19)7-3-4-8(12(14,15)16)18-11(7)13/h3-4H,1-2H3. The summed E-state index contributed by atoms with van der Waals surface area (Å²) in [4.78, 5) is 19.9. The molecule has 0 amide bonds. The lowest BCUT2D eigenvalue weighted by atomic mass is 10.1. The Labute approximate surface area is 121 Å². The Kier molecular flexibility index (Phi) is 3.84. The fourth-order valence-electron chi connectivity index (χ4n) is 1.63. The van der Waals surface area contributed by atoms with Crippen molar-refractivity contribution in [2.24, 2.45) is 0 Å². The van der Waals surface area contributed by atoms with E-state index < -0.39 is 22.8 Å². The van der Waals surface area contributed by atoms with Crippen LogP contribution in [0, 0.1) is 13.8 Å². The molecule has 106 valence electrons. The van der Waals surface area contributed by atoms with Gasteiger partial charge in [-0.05, 0) is 26.0 Å². The van der Waals surface area contributed by atoms with Crippen LogP contribution in [0.2, 0.25) is 5.15 Å². The molecule has 0 atom stereocenters. The molecule has 0 saturated carbocycles. The Hall–Kier alpha value is -1.47. The van der Waals surface area contributed by atoms with Crippen molar-refractivity contribution in [2.45, 2.75) is 20.0 Å². The first kappa shape index (κ1) is 14.9. The van der Waals surface area contributed by atoms with Crippen molar-refractivity contribution >= 4 is 28.7 Å². The number of rotatable bonds is 2. The van der Waals surface area contributed by atoms with Crippen LogP contribution >= 0.6 is 22.9 Å². The van der Waals surface area contributed by atoms with E-state index in [9.17, 15) is 18.0 Å². The molecule has 0 radical (unpaired) electrons. The third-order valence-electron chi connectivity index (χ3n) is 2.49. The zero-order valence-corrected chi connectivity index (χ0v) is 11.9. The summed E-state index contributed by atoms with van der Waals surface area (Å²) in [6.07, 6.45) is -4.60. The molecular formula is C12H8ClF3N2OS. The molecular weight excluding hydrogens is 313 g/mol. The second-order valence-corrected chi connectivity index (χ2v) is 5.57. The molecule has 0 unspecified atom stereocenters. The van der Waals surface area contributed by atoms with E-state index >= 15 is 0 Å². The second-order valence-electron chi connectivity index (χ2n) is 4.01. The predicted octanol–water partition coefficient (Wildman–Crippen LogP) is 4.06. The number of aryl methyl sites for hydroxylation is 2. The number of halogens is 4. The van der Waals surface area contributed by atoms with Crippen LogP contribution < -0.4 is 0 Å². The van der Waals surface area contributed by atoms with Crippen LogP contribution in [-0.4, -0.2) is 15.8 Å². The summed E-state index contributed by atoms with van der Waals surface area (Å²) >= 11 is 6.86. The summed E-state index contributed by atoms with van der Waals surface area (Å²) in [5, 5.41) is 0.233. The zero-order valence-electron chi connectivity index (χ0n) is 10.4. The van der Waals surface area contributed by atoms with Gasteiger partial charge in [0, 0.05) is 0 Å². The van der Waals surface area contributed by atoms with Gasteiger partial charge in [0.1, 0.15) is 10.8 Å². The molecule has 2 aromatic heterocycles. The van der Waals surface area contributed by atoms with E-state index in [1.54, 1.807) is 13.8 Å². The smallest absolute Gasteiger partial charge is 0.288 e. The van der Waals surface area contributed by atoms with Crippen molar-refractivity contribution in [3.63, 3.8) is 0 Å². The summed E-state index contributed by atoms with van der Waals surface area (Å²) in [5.74, 6) is -0.473. The average molecular weight is 321 g/mol. The molecule has 0 fully saturated rings. The summed E-state index contributed by atoms with van der Waals surface area (Å²) in [5.41, 5.74) is -0.670. The average Bonchev–Trinajstić information content (AvgIpc) is 2.66. The van der Waals surface area contributed by atoms with Gasteiger partial charge < -0.3 is 0 Å². The summed E-state index contributed by atoms with van der Waals surface area (Å²) in [6.45, 7) is 3.39. The van der Waals surface area contributed by atoms with Crippen LogP contribution in [0.25, 0.3) is 0 Å². The Morgan fingerprint density at radius 3 is 2.35 bits per heavy atom. The number of carbonyl (C=O) groups excluding carboxylic acids is 1. The molecule has 2 rings (SSSR count). The van der Waals surface area contributed by atoms with Gasteiger partial charge >= 0.3 is 6.18 Å². The minimum absolute atomic E-state index is 0.0635. The number of hydrogen-bond acceptors (Lipinski definition) is 4. The summed E-state index contributed by atoms with van der Waals surface area (Å²) in [7, 11) is 0. The van der Waals surface area contributed by atoms with Crippen molar-refractivity contribution < 1.29 is 18.0 Å². The lowest BCUT2D eigenvalue weighted by molar-refractivity contribution is -0.141.